The maximum absolute atomic E-state index is 12.8. The van der Waals surface area contributed by atoms with Crippen LogP contribution in [0.1, 0.15) is 31.0 Å². The van der Waals surface area contributed by atoms with Crippen molar-refractivity contribution in [3.05, 3.63) is 83.9 Å². The molecule has 0 spiro atoms. The highest BCUT2D eigenvalue weighted by atomic mass is 32.2. The number of aryl methyl sites for hydroxylation is 1. The Balaban J connectivity index is 1.67. The summed E-state index contributed by atoms with van der Waals surface area (Å²) in [4.78, 5) is 13.0. The fourth-order valence-corrected chi connectivity index (χ4v) is 4.42. The van der Waals surface area contributed by atoms with Gasteiger partial charge in [-0.05, 0) is 55.2 Å². The van der Waals surface area contributed by atoms with E-state index < -0.39 is 16.1 Å². The van der Waals surface area contributed by atoms with E-state index in [1.807, 2.05) is 32.0 Å². The third-order valence-corrected chi connectivity index (χ3v) is 7.47. The standard InChI is InChI=1S/C26H31N3O3S/c1-18-11-16-24(33(31,32)29(4)5)17-25(18)28-26(30)20(3)27-19(2)21-12-14-23(15-13-21)22-9-7-6-8-10-22/h6-17,19-20,27H,1-5H3,(H,28,30)/t19-,20-/m0/s1. The topological polar surface area (TPSA) is 78.5 Å². The van der Waals surface area contributed by atoms with Crippen molar-refractivity contribution >= 4 is 21.6 Å². The Labute approximate surface area is 196 Å². The second kappa shape index (κ2) is 10.3. The van der Waals surface area contributed by atoms with E-state index in [0.29, 0.717) is 5.69 Å². The van der Waals surface area contributed by atoms with Crippen molar-refractivity contribution in [3.63, 3.8) is 0 Å². The molecule has 6 nitrogen and oxygen atoms in total. The third-order valence-electron chi connectivity index (χ3n) is 5.66. The molecule has 0 radical (unpaired) electrons. The van der Waals surface area contributed by atoms with Crippen molar-refractivity contribution in [2.24, 2.45) is 0 Å². The van der Waals surface area contributed by atoms with Crippen LogP contribution in [0.5, 0.6) is 0 Å². The van der Waals surface area contributed by atoms with Crippen LogP contribution in [0.25, 0.3) is 11.1 Å². The van der Waals surface area contributed by atoms with Crippen molar-refractivity contribution in [1.82, 2.24) is 9.62 Å². The molecule has 2 N–H and O–H groups in total. The molecule has 0 aliphatic rings. The van der Waals surface area contributed by atoms with E-state index >= 15 is 0 Å². The first-order valence-corrected chi connectivity index (χ1v) is 12.3. The minimum Gasteiger partial charge on any atom is -0.324 e. The molecule has 0 aromatic heterocycles. The largest absolute Gasteiger partial charge is 0.324 e. The number of hydrogen-bond donors (Lipinski definition) is 2. The van der Waals surface area contributed by atoms with Crippen LogP contribution < -0.4 is 10.6 Å². The second-order valence-electron chi connectivity index (χ2n) is 8.35. The van der Waals surface area contributed by atoms with Crippen LogP contribution in [-0.2, 0) is 14.8 Å². The normalized spacial score (nSPS) is 13.5. The van der Waals surface area contributed by atoms with E-state index in [1.165, 1.54) is 20.2 Å². The summed E-state index contributed by atoms with van der Waals surface area (Å²) in [6.07, 6.45) is 0. The lowest BCUT2D eigenvalue weighted by Gasteiger charge is -2.21. The van der Waals surface area contributed by atoms with Gasteiger partial charge in [-0.2, -0.15) is 0 Å². The molecule has 0 bridgehead atoms. The van der Waals surface area contributed by atoms with Crippen LogP contribution in [0, 0.1) is 6.92 Å². The van der Waals surface area contributed by atoms with Gasteiger partial charge in [0.05, 0.1) is 10.9 Å². The Kier molecular flexibility index (Phi) is 7.68. The van der Waals surface area contributed by atoms with Crippen LogP contribution in [0.2, 0.25) is 0 Å². The Morgan fingerprint density at radius 2 is 1.48 bits per heavy atom. The summed E-state index contributed by atoms with van der Waals surface area (Å²) in [5, 5.41) is 6.18. The van der Waals surface area contributed by atoms with Crippen molar-refractivity contribution in [2.45, 2.75) is 37.8 Å². The summed E-state index contributed by atoms with van der Waals surface area (Å²) in [7, 11) is -0.626. The van der Waals surface area contributed by atoms with Crippen LogP contribution >= 0.6 is 0 Å². The molecular formula is C26H31N3O3S. The van der Waals surface area contributed by atoms with Crippen LogP contribution in [0.3, 0.4) is 0 Å². The van der Waals surface area contributed by atoms with Gasteiger partial charge in [-0.15, -0.1) is 0 Å². The van der Waals surface area contributed by atoms with Gasteiger partial charge in [-0.3, -0.25) is 10.1 Å². The van der Waals surface area contributed by atoms with Crippen LogP contribution in [0.4, 0.5) is 5.69 Å². The molecule has 0 aliphatic carbocycles. The fraction of sp³-hybridized carbons (Fsp3) is 0.269. The lowest BCUT2D eigenvalue weighted by molar-refractivity contribution is -0.117. The first-order chi connectivity index (χ1) is 15.6. The number of benzene rings is 3. The van der Waals surface area contributed by atoms with E-state index in [9.17, 15) is 13.2 Å². The molecule has 3 aromatic carbocycles. The molecule has 3 rings (SSSR count). The minimum atomic E-state index is -3.58. The number of sulfonamides is 1. The van der Waals surface area contributed by atoms with Gasteiger partial charge in [-0.25, -0.2) is 12.7 Å². The molecular weight excluding hydrogens is 434 g/mol. The van der Waals surface area contributed by atoms with Crippen molar-refractivity contribution < 1.29 is 13.2 Å². The molecule has 0 saturated carbocycles. The van der Waals surface area contributed by atoms with Crippen molar-refractivity contribution in [3.8, 4) is 11.1 Å². The van der Waals surface area contributed by atoms with Crippen LogP contribution in [0.15, 0.2) is 77.7 Å². The zero-order valence-corrected chi connectivity index (χ0v) is 20.5. The molecule has 0 unspecified atom stereocenters. The molecule has 2 atom stereocenters. The highest BCUT2D eigenvalue weighted by Crippen LogP contribution is 2.24. The van der Waals surface area contributed by atoms with Gasteiger partial charge < -0.3 is 5.32 Å². The number of amides is 1. The number of carbonyl (C=O) groups is 1. The number of hydrogen-bond acceptors (Lipinski definition) is 4. The van der Waals surface area contributed by atoms with E-state index in [-0.39, 0.29) is 16.8 Å². The van der Waals surface area contributed by atoms with Crippen molar-refractivity contribution in [1.29, 1.82) is 0 Å². The Bertz CT molecular complexity index is 1210. The number of nitrogens with zero attached hydrogens (tertiary/aromatic N) is 1. The number of carbonyl (C=O) groups excluding carboxylic acids is 1. The Hall–Kier alpha value is -3.00. The number of anilines is 1. The van der Waals surface area contributed by atoms with E-state index in [2.05, 4.69) is 47.0 Å². The number of rotatable bonds is 8. The van der Waals surface area contributed by atoms with E-state index in [4.69, 9.17) is 0 Å². The zero-order chi connectivity index (χ0) is 24.2. The second-order valence-corrected chi connectivity index (χ2v) is 10.5. The Morgan fingerprint density at radius 3 is 2.09 bits per heavy atom. The third kappa shape index (κ3) is 5.87. The summed E-state index contributed by atoms with van der Waals surface area (Å²) < 4.78 is 26.0. The quantitative estimate of drug-likeness (QED) is 0.510. The average molecular weight is 466 g/mol. The molecule has 0 fully saturated rings. The molecule has 3 aromatic rings. The molecule has 7 heteroatoms. The van der Waals surface area contributed by atoms with Gasteiger partial charge in [0.15, 0.2) is 0 Å². The summed E-state index contributed by atoms with van der Waals surface area (Å²) in [5.74, 6) is -0.231. The molecule has 0 saturated heterocycles. The van der Waals surface area contributed by atoms with Crippen LogP contribution in [-0.4, -0.2) is 38.8 Å². The van der Waals surface area contributed by atoms with Gasteiger partial charge in [0.1, 0.15) is 0 Å². The molecule has 0 heterocycles. The Morgan fingerprint density at radius 1 is 0.879 bits per heavy atom. The molecule has 174 valence electrons. The van der Waals surface area contributed by atoms with Gasteiger partial charge in [0.25, 0.3) is 0 Å². The van der Waals surface area contributed by atoms with Gasteiger partial charge in [0.2, 0.25) is 15.9 Å². The summed E-state index contributed by atoms with van der Waals surface area (Å²) >= 11 is 0. The highest BCUT2D eigenvalue weighted by Gasteiger charge is 2.21. The lowest BCUT2D eigenvalue weighted by Crippen LogP contribution is -2.39. The summed E-state index contributed by atoms with van der Waals surface area (Å²) in [6.45, 7) is 5.63. The molecule has 0 aliphatic heterocycles. The first-order valence-electron chi connectivity index (χ1n) is 10.8. The van der Waals surface area contributed by atoms with Crippen molar-refractivity contribution in [2.75, 3.05) is 19.4 Å². The first kappa shape index (κ1) is 24.6. The summed E-state index contributed by atoms with van der Waals surface area (Å²) in [5.41, 5.74) is 4.64. The lowest BCUT2D eigenvalue weighted by atomic mass is 10.0. The molecule has 33 heavy (non-hydrogen) atoms. The van der Waals surface area contributed by atoms with Gasteiger partial charge in [0, 0.05) is 25.8 Å². The average Bonchev–Trinajstić information content (AvgIpc) is 2.80. The molecule has 1 amide bonds. The monoisotopic (exact) mass is 465 g/mol. The van der Waals surface area contributed by atoms with Gasteiger partial charge >= 0.3 is 0 Å². The predicted molar refractivity (Wildman–Crippen MR) is 134 cm³/mol. The minimum absolute atomic E-state index is 0.0443. The van der Waals surface area contributed by atoms with E-state index in [0.717, 1.165) is 26.6 Å². The maximum atomic E-state index is 12.8. The number of nitrogens with one attached hydrogen (secondary N) is 2. The SMILES string of the molecule is Cc1ccc(S(=O)(=O)N(C)C)cc1NC(=O)[C@H](C)N[C@@H](C)c1ccc(-c2ccccc2)cc1. The fourth-order valence-electron chi connectivity index (χ4n) is 3.49. The van der Waals surface area contributed by atoms with E-state index in [1.54, 1.807) is 19.1 Å². The smallest absolute Gasteiger partial charge is 0.242 e. The summed E-state index contributed by atoms with van der Waals surface area (Å²) in [6, 6.07) is 22.7. The maximum Gasteiger partial charge on any atom is 0.242 e. The highest BCUT2D eigenvalue weighted by molar-refractivity contribution is 7.89. The van der Waals surface area contributed by atoms with Gasteiger partial charge in [-0.1, -0.05) is 60.7 Å². The zero-order valence-electron chi connectivity index (χ0n) is 19.7. The predicted octanol–water partition coefficient (Wildman–Crippen LogP) is 4.59.